The second kappa shape index (κ2) is 6.62. The fraction of sp³-hybridized carbons (Fsp3) is 0.133. The van der Waals surface area contributed by atoms with E-state index in [0.717, 1.165) is 5.69 Å². The summed E-state index contributed by atoms with van der Waals surface area (Å²) in [5, 5.41) is 12.3. The van der Waals surface area contributed by atoms with Crippen LogP contribution in [0.3, 0.4) is 0 Å². The first-order chi connectivity index (χ1) is 10.1. The maximum Gasteiger partial charge on any atom is 0.269 e. The normalized spacial score (nSPS) is 10.1. The second-order valence-corrected chi connectivity index (χ2v) is 4.46. The molecule has 0 saturated heterocycles. The summed E-state index contributed by atoms with van der Waals surface area (Å²) in [4.78, 5) is 22.1. The molecule has 1 N–H and O–H groups in total. The van der Waals surface area contributed by atoms with Crippen LogP contribution in [-0.4, -0.2) is 24.3 Å². The lowest BCUT2D eigenvalue weighted by molar-refractivity contribution is -0.384. The predicted octanol–water partition coefficient (Wildman–Crippen LogP) is 2.42. The molecule has 21 heavy (non-hydrogen) atoms. The van der Waals surface area contributed by atoms with Crippen molar-refractivity contribution in [2.75, 3.05) is 18.6 Å². The maximum atomic E-state index is 12.0. The number of benzene rings is 2. The van der Waals surface area contributed by atoms with Crippen molar-refractivity contribution < 1.29 is 9.72 Å². The van der Waals surface area contributed by atoms with Crippen LogP contribution < -0.4 is 10.4 Å². The van der Waals surface area contributed by atoms with Gasteiger partial charge in [-0.3, -0.25) is 14.9 Å². The van der Waals surface area contributed by atoms with E-state index in [9.17, 15) is 14.9 Å². The maximum absolute atomic E-state index is 12.0. The summed E-state index contributed by atoms with van der Waals surface area (Å²) >= 11 is 0. The van der Waals surface area contributed by atoms with E-state index in [1.165, 1.54) is 24.3 Å². The number of nitro benzene ring substituents is 1. The van der Waals surface area contributed by atoms with Gasteiger partial charge in [-0.25, -0.2) is 5.43 Å². The van der Waals surface area contributed by atoms with Crippen LogP contribution in [-0.2, 0) is 0 Å². The number of carbonyl (C=O) groups is 1. The highest BCUT2D eigenvalue weighted by molar-refractivity contribution is 5.97. The molecule has 6 heteroatoms. The summed E-state index contributed by atoms with van der Waals surface area (Å²) in [5.74, 6) is -0.132. The Hall–Kier alpha value is -2.73. The number of ketones is 1. The molecule has 0 atom stereocenters. The molecular weight excluding hydrogens is 270 g/mol. The average Bonchev–Trinajstić information content (AvgIpc) is 2.53. The molecule has 0 bridgehead atoms. The Kier molecular flexibility index (Phi) is 4.63. The van der Waals surface area contributed by atoms with Crippen molar-refractivity contribution in [2.24, 2.45) is 0 Å². The van der Waals surface area contributed by atoms with Gasteiger partial charge >= 0.3 is 0 Å². The third kappa shape index (κ3) is 3.87. The van der Waals surface area contributed by atoms with Crippen molar-refractivity contribution in [2.45, 2.75) is 0 Å². The van der Waals surface area contributed by atoms with E-state index in [0.29, 0.717) is 5.56 Å². The van der Waals surface area contributed by atoms with Crippen molar-refractivity contribution in [3.8, 4) is 0 Å². The topological polar surface area (TPSA) is 75.5 Å². The van der Waals surface area contributed by atoms with Gasteiger partial charge in [0.2, 0.25) is 0 Å². The highest BCUT2D eigenvalue weighted by Crippen LogP contribution is 2.12. The first-order valence-electron chi connectivity index (χ1n) is 6.38. The molecule has 0 radical (unpaired) electrons. The molecule has 6 nitrogen and oxygen atoms in total. The molecule has 0 aromatic heterocycles. The molecule has 0 aliphatic rings. The monoisotopic (exact) mass is 285 g/mol. The number of carbonyl (C=O) groups excluding carboxylic acids is 1. The molecule has 0 aliphatic heterocycles. The van der Waals surface area contributed by atoms with Gasteiger partial charge in [-0.2, -0.15) is 0 Å². The van der Waals surface area contributed by atoms with Gasteiger partial charge in [0.1, 0.15) is 0 Å². The Morgan fingerprint density at radius 1 is 1.14 bits per heavy atom. The third-order valence-electron chi connectivity index (χ3n) is 3.02. The number of rotatable bonds is 6. The van der Waals surface area contributed by atoms with E-state index in [-0.39, 0.29) is 18.0 Å². The first kappa shape index (κ1) is 14.7. The molecule has 0 heterocycles. The molecule has 0 amide bonds. The molecule has 0 aliphatic carbocycles. The highest BCUT2D eigenvalue weighted by atomic mass is 16.6. The lowest BCUT2D eigenvalue weighted by atomic mass is 10.1. The van der Waals surface area contributed by atoms with Gasteiger partial charge in [0.15, 0.2) is 5.78 Å². The summed E-state index contributed by atoms with van der Waals surface area (Å²) < 4.78 is 0. The van der Waals surface area contributed by atoms with Gasteiger partial charge in [-0.1, -0.05) is 18.2 Å². The zero-order chi connectivity index (χ0) is 15.2. The van der Waals surface area contributed by atoms with E-state index in [4.69, 9.17) is 0 Å². The molecule has 0 unspecified atom stereocenters. The van der Waals surface area contributed by atoms with Gasteiger partial charge in [-0.15, -0.1) is 0 Å². The van der Waals surface area contributed by atoms with E-state index in [1.807, 2.05) is 37.4 Å². The van der Waals surface area contributed by atoms with Crippen LogP contribution in [0.5, 0.6) is 0 Å². The van der Waals surface area contributed by atoms with Crippen LogP contribution in [0.2, 0.25) is 0 Å². The summed E-state index contributed by atoms with van der Waals surface area (Å²) in [6, 6.07) is 15.2. The van der Waals surface area contributed by atoms with Crippen LogP contribution in [0, 0.1) is 10.1 Å². The number of hydrazine groups is 1. The Balaban J connectivity index is 1.94. The lowest BCUT2D eigenvalue weighted by Crippen LogP contribution is -2.38. The number of non-ortho nitro benzene ring substituents is 1. The number of hydrogen-bond acceptors (Lipinski definition) is 5. The lowest BCUT2D eigenvalue weighted by Gasteiger charge is -2.19. The van der Waals surface area contributed by atoms with Crippen LogP contribution in [0.15, 0.2) is 54.6 Å². The fourth-order valence-electron chi connectivity index (χ4n) is 1.80. The van der Waals surface area contributed by atoms with Crippen molar-refractivity contribution >= 4 is 17.2 Å². The number of nitrogens with one attached hydrogen (secondary N) is 1. The van der Waals surface area contributed by atoms with Crippen LogP contribution >= 0.6 is 0 Å². The zero-order valence-electron chi connectivity index (χ0n) is 11.5. The van der Waals surface area contributed by atoms with Gasteiger partial charge in [0, 0.05) is 24.7 Å². The summed E-state index contributed by atoms with van der Waals surface area (Å²) in [6.07, 6.45) is 0. The molecule has 2 aromatic rings. The Morgan fingerprint density at radius 2 is 1.76 bits per heavy atom. The number of nitro groups is 1. The molecule has 0 saturated carbocycles. The smallest absolute Gasteiger partial charge is 0.269 e. The quantitative estimate of drug-likeness (QED) is 0.501. The Bertz CT molecular complexity index is 626. The first-order valence-corrected chi connectivity index (χ1v) is 6.38. The molecule has 108 valence electrons. The third-order valence-corrected chi connectivity index (χ3v) is 3.02. The number of para-hydroxylation sites is 1. The summed E-state index contributed by atoms with van der Waals surface area (Å²) in [5.41, 5.74) is 4.34. The van der Waals surface area contributed by atoms with Crippen LogP contribution in [0.25, 0.3) is 0 Å². The van der Waals surface area contributed by atoms with Gasteiger partial charge in [0.25, 0.3) is 5.69 Å². The second-order valence-electron chi connectivity index (χ2n) is 4.46. The number of anilines is 1. The van der Waals surface area contributed by atoms with Gasteiger partial charge < -0.3 is 5.01 Å². The highest BCUT2D eigenvalue weighted by Gasteiger charge is 2.10. The average molecular weight is 285 g/mol. The Morgan fingerprint density at radius 3 is 2.33 bits per heavy atom. The standard InChI is InChI=1S/C15H15N3O3/c1-17(13-5-3-2-4-6-13)16-11-15(19)12-7-9-14(10-8-12)18(20)21/h2-10,16H,11H2,1H3. The SMILES string of the molecule is CN(NCC(=O)c1ccc([N+](=O)[O-])cc1)c1ccccc1. The largest absolute Gasteiger partial charge is 0.311 e. The molecule has 0 fully saturated rings. The van der Waals surface area contributed by atoms with Gasteiger partial charge in [0.05, 0.1) is 17.2 Å². The molecular formula is C15H15N3O3. The molecule has 2 rings (SSSR count). The number of nitrogens with zero attached hydrogens (tertiary/aromatic N) is 2. The van der Waals surface area contributed by atoms with Crippen molar-refractivity contribution in [3.05, 3.63) is 70.3 Å². The minimum atomic E-state index is -0.490. The Labute approximate surface area is 122 Å². The summed E-state index contributed by atoms with van der Waals surface area (Å²) in [7, 11) is 1.82. The minimum absolute atomic E-state index is 0.0269. The molecule has 0 spiro atoms. The minimum Gasteiger partial charge on any atom is -0.311 e. The van der Waals surface area contributed by atoms with Crippen LogP contribution in [0.4, 0.5) is 11.4 Å². The van der Waals surface area contributed by atoms with Crippen molar-refractivity contribution in [1.82, 2.24) is 5.43 Å². The predicted molar refractivity (Wildman–Crippen MR) is 80.3 cm³/mol. The zero-order valence-corrected chi connectivity index (χ0v) is 11.5. The van der Waals surface area contributed by atoms with Crippen molar-refractivity contribution in [1.29, 1.82) is 0 Å². The van der Waals surface area contributed by atoms with E-state index < -0.39 is 4.92 Å². The van der Waals surface area contributed by atoms with E-state index in [2.05, 4.69) is 5.43 Å². The van der Waals surface area contributed by atoms with E-state index >= 15 is 0 Å². The fourth-order valence-corrected chi connectivity index (χ4v) is 1.80. The number of Topliss-reactive ketones (excluding diaryl/α,β-unsaturated/α-hetero) is 1. The van der Waals surface area contributed by atoms with Crippen LogP contribution in [0.1, 0.15) is 10.4 Å². The number of hydrogen-bond donors (Lipinski definition) is 1. The summed E-state index contributed by atoms with van der Waals surface area (Å²) in [6.45, 7) is 0.114. The van der Waals surface area contributed by atoms with Crippen molar-refractivity contribution in [3.63, 3.8) is 0 Å². The van der Waals surface area contributed by atoms with Gasteiger partial charge in [-0.05, 0) is 24.3 Å². The van der Waals surface area contributed by atoms with E-state index in [1.54, 1.807) is 5.01 Å². The molecule has 2 aromatic carbocycles.